The number of nitrogens with zero attached hydrogens (tertiary/aromatic N) is 5. The third-order valence-corrected chi connectivity index (χ3v) is 9.65. The summed E-state index contributed by atoms with van der Waals surface area (Å²) < 4.78 is 34.0. The highest BCUT2D eigenvalue weighted by atomic mass is 35.5. The maximum Gasteiger partial charge on any atom is 0.275 e. The van der Waals surface area contributed by atoms with Crippen LogP contribution in [0.5, 0.6) is 5.75 Å². The van der Waals surface area contributed by atoms with Gasteiger partial charge >= 0.3 is 0 Å². The average Bonchev–Trinajstić information content (AvgIpc) is 3.50. The maximum absolute atomic E-state index is 13.0. The van der Waals surface area contributed by atoms with Crippen molar-refractivity contribution in [1.29, 1.82) is 0 Å². The molecule has 3 aromatic heterocycles. The van der Waals surface area contributed by atoms with Gasteiger partial charge in [-0.3, -0.25) is 9.69 Å². The van der Waals surface area contributed by atoms with Crippen molar-refractivity contribution in [3.8, 4) is 15.6 Å². The van der Waals surface area contributed by atoms with Crippen molar-refractivity contribution in [2.24, 2.45) is 0 Å². The van der Waals surface area contributed by atoms with Crippen molar-refractivity contribution >= 4 is 49.3 Å². The summed E-state index contributed by atoms with van der Waals surface area (Å²) >= 11 is 9.06. The summed E-state index contributed by atoms with van der Waals surface area (Å²) in [6, 6.07) is 9.85. The summed E-state index contributed by atoms with van der Waals surface area (Å²) in [5, 5.41) is 7.36. The molecule has 5 rings (SSSR count). The molecule has 9 nitrogen and oxygen atoms in total. The van der Waals surface area contributed by atoms with E-state index in [4.69, 9.17) is 16.3 Å². The van der Waals surface area contributed by atoms with E-state index < -0.39 is 10.0 Å². The van der Waals surface area contributed by atoms with E-state index in [0.29, 0.717) is 49.1 Å². The first kappa shape index (κ1) is 23.4. The highest BCUT2D eigenvalue weighted by Crippen LogP contribution is 2.30. The van der Waals surface area contributed by atoms with E-state index in [1.54, 1.807) is 17.4 Å². The fourth-order valence-corrected chi connectivity index (χ4v) is 7.24. The molecule has 13 heteroatoms. The molecule has 0 radical (unpaired) electrons. The van der Waals surface area contributed by atoms with Gasteiger partial charge < -0.3 is 4.74 Å². The van der Waals surface area contributed by atoms with E-state index in [2.05, 4.69) is 15.0 Å². The fraction of sp³-hybridized carbons (Fsp3) is 0.286. The van der Waals surface area contributed by atoms with Gasteiger partial charge in [0, 0.05) is 38.8 Å². The van der Waals surface area contributed by atoms with Crippen LogP contribution in [0.25, 0.3) is 14.8 Å². The molecule has 0 amide bonds. The number of halogens is 1. The Bertz CT molecular complexity index is 1490. The van der Waals surface area contributed by atoms with Gasteiger partial charge in [0.1, 0.15) is 5.75 Å². The molecule has 1 aliphatic heterocycles. The lowest BCUT2D eigenvalue weighted by Gasteiger charge is -2.33. The Morgan fingerprint density at radius 1 is 1.15 bits per heavy atom. The molecule has 1 aromatic carbocycles. The van der Waals surface area contributed by atoms with Gasteiger partial charge in [0.15, 0.2) is 5.01 Å². The zero-order valence-corrected chi connectivity index (χ0v) is 21.3. The summed E-state index contributed by atoms with van der Waals surface area (Å²) in [5.74, 6) is 0.425. The molecule has 4 aromatic rings. The summed E-state index contributed by atoms with van der Waals surface area (Å²) in [5.41, 5.74) is 0.418. The average molecular weight is 538 g/mol. The van der Waals surface area contributed by atoms with Crippen LogP contribution in [0.1, 0.15) is 5.69 Å². The Balaban J connectivity index is 1.28. The Morgan fingerprint density at radius 3 is 2.62 bits per heavy atom. The zero-order chi connectivity index (χ0) is 23.9. The van der Waals surface area contributed by atoms with Crippen LogP contribution in [0.2, 0.25) is 5.02 Å². The monoisotopic (exact) mass is 537 g/mol. The van der Waals surface area contributed by atoms with Gasteiger partial charge in [-0.15, -0.1) is 11.3 Å². The maximum atomic E-state index is 13.0. The van der Waals surface area contributed by atoms with E-state index in [-0.39, 0.29) is 15.5 Å². The molecule has 0 aliphatic carbocycles. The lowest BCUT2D eigenvalue weighted by Crippen LogP contribution is -2.48. The third-order valence-electron chi connectivity index (χ3n) is 5.51. The van der Waals surface area contributed by atoms with Gasteiger partial charge in [-0.1, -0.05) is 29.0 Å². The molecule has 0 saturated carbocycles. The number of fused-ring (bicyclic) bond motifs is 1. The van der Waals surface area contributed by atoms with Gasteiger partial charge in [0.05, 0.1) is 27.6 Å². The van der Waals surface area contributed by atoms with Gasteiger partial charge in [-0.2, -0.15) is 13.9 Å². The predicted molar refractivity (Wildman–Crippen MR) is 132 cm³/mol. The molecule has 0 N–H and O–H groups in total. The van der Waals surface area contributed by atoms with Crippen molar-refractivity contribution in [3.63, 3.8) is 0 Å². The quantitative estimate of drug-likeness (QED) is 0.373. The van der Waals surface area contributed by atoms with Gasteiger partial charge in [-0.05, 0) is 29.6 Å². The van der Waals surface area contributed by atoms with Crippen molar-refractivity contribution in [2.45, 2.75) is 11.4 Å². The van der Waals surface area contributed by atoms with Gasteiger partial charge in [0.25, 0.3) is 5.56 Å². The molecule has 0 atom stereocenters. The van der Waals surface area contributed by atoms with Crippen LogP contribution in [0.3, 0.4) is 0 Å². The van der Waals surface area contributed by atoms with Gasteiger partial charge in [0.2, 0.25) is 15.0 Å². The SMILES string of the molecule is COc1ccc(S(=O)(=O)N2CCN(Cc3cc(=O)n4nc(-c5cccs5)sc4n3)CC2)cc1Cl. The molecule has 1 saturated heterocycles. The number of aromatic nitrogens is 3. The molecule has 0 unspecified atom stereocenters. The summed E-state index contributed by atoms with van der Waals surface area (Å²) in [4.78, 5) is 21.0. The van der Waals surface area contributed by atoms with Crippen molar-refractivity contribution < 1.29 is 13.2 Å². The summed E-state index contributed by atoms with van der Waals surface area (Å²) in [6.07, 6.45) is 0. The topological polar surface area (TPSA) is 97.1 Å². The first-order valence-electron chi connectivity index (χ1n) is 10.3. The van der Waals surface area contributed by atoms with E-state index in [1.807, 2.05) is 17.5 Å². The second kappa shape index (κ2) is 9.36. The molecule has 1 fully saturated rings. The van der Waals surface area contributed by atoms with Crippen LogP contribution in [0.4, 0.5) is 0 Å². The molecule has 178 valence electrons. The van der Waals surface area contributed by atoms with Crippen LogP contribution in [-0.2, 0) is 16.6 Å². The van der Waals surface area contributed by atoms with Crippen molar-refractivity contribution in [2.75, 3.05) is 33.3 Å². The molecular formula is C21H20ClN5O4S3. The minimum Gasteiger partial charge on any atom is -0.495 e. The lowest BCUT2D eigenvalue weighted by molar-refractivity contribution is 0.180. The van der Waals surface area contributed by atoms with E-state index in [9.17, 15) is 13.2 Å². The third kappa shape index (κ3) is 4.49. The largest absolute Gasteiger partial charge is 0.495 e. The number of hydrogen-bond donors (Lipinski definition) is 0. The normalized spacial score (nSPS) is 15.7. The minimum atomic E-state index is -3.67. The van der Waals surface area contributed by atoms with Crippen LogP contribution < -0.4 is 10.3 Å². The fourth-order valence-electron chi connectivity index (χ4n) is 3.75. The minimum absolute atomic E-state index is 0.138. The molecule has 1 aliphatic rings. The molecule has 0 spiro atoms. The highest BCUT2D eigenvalue weighted by molar-refractivity contribution is 7.89. The predicted octanol–water partition coefficient (Wildman–Crippen LogP) is 3.05. The van der Waals surface area contributed by atoms with Crippen LogP contribution in [-0.4, -0.2) is 65.5 Å². The van der Waals surface area contributed by atoms with Crippen LogP contribution >= 0.6 is 34.3 Å². The number of benzene rings is 1. The Kier molecular flexibility index (Phi) is 6.44. The Morgan fingerprint density at radius 2 is 1.94 bits per heavy atom. The number of ether oxygens (including phenoxy) is 1. The standard InChI is InChI=1S/C21H20ClN5O4S3/c1-31-17-5-4-15(12-16(17)22)34(29,30)26-8-6-25(7-9-26)13-14-11-19(28)27-21(23-14)33-20(24-27)18-3-2-10-32-18/h2-5,10-12H,6-9,13H2,1H3. The van der Waals surface area contributed by atoms with Crippen molar-refractivity contribution in [1.82, 2.24) is 23.8 Å². The lowest BCUT2D eigenvalue weighted by atomic mass is 10.3. The summed E-state index contributed by atoms with van der Waals surface area (Å²) in [6.45, 7) is 2.16. The molecule has 0 bridgehead atoms. The number of sulfonamides is 1. The first-order chi connectivity index (χ1) is 16.3. The second-order valence-corrected chi connectivity index (χ2v) is 11.9. The van der Waals surface area contributed by atoms with Crippen molar-refractivity contribution in [3.05, 3.63) is 62.8 Å². The second-order valence-electron chi connectivity index (χ2n) is 7.64. The van der Waals surface area contributed by atoms with Crippen LogP contribution in [0.15, 0.2) is 51.5 Å². The number of methoxy groups -OCH3 is 1. The molecule has 4 heterocycles. The molecular weight excluding hydrogens is 518 g/mol. The number of rotatable bonds is 6. The zero-order valence-electron chi connectivity index (χ0n) is 18.0. The van der Waals surface area contributed by atoms with E-state index in [1.165, 1.54) is 45.5 Å². The Hall–Kier alpha value is -2.35. The number of hydrogen-bond acceptors (Lipinski definition) is 9. The van der Waals surface area contributed by atoms with E-state index >= 15 is 0 Å². The Labute approximate surface area is 208 Å². The molecule has 34 heavy (non-hydrogen) atoms. The number of thiophene rings is 1. The van der Waals surface area contributed by atoms with E-state index in [0.717, 1.165) is 9.88 Å². The first-order valence-corrected chi connectivity index (χ1v) is 13.9. The van der Waals surface area contributed by atoms with Gasteiger partial charge in [-0.25, -0.2) is 13.4 Å². The smallest absolute Gasteiger partial charge is 0.275 e. The van der Waals surface area contributed by atoms with Crippen LogP contribution in [0, 0.1) is 0 Å². The number of piperazine rings is 1. The highest BCUT2D eigenvalue weighted by Gasteiger charge is 2.29. The summed E-state index contributed by atoms with van der Waals surface area (Å²) in [7, 11) is -2.19.